The largest absolute Gasteiger partial charge is 0.379 e. The number of hydrogen-bond acceptors (Lipinski definition) is 6. The van der Waals surface area contributed by atoms with Crippen molar-refractivity contribution in [1.29, 1.82) is 0 Å². The van der Waals surface area contributed by atoms with Crippen molar-refractivity contribution in [2.45, 2.75) is 26.2 Å². The van der Waals surface area contributed by atoms with Crippen LogP contribution in [0.1, 0.15) is 31.5 Å². The quantitative estimate of drug-likeness (QED) is 0.650. The van der Waals surface area contributed by atoms with Gasteiger partial charge in [0.25, 0.3) is 5.69 Å². The third kappa shape index (κ3) is 3.74. The van der Waals surface area contributed by atoms with E-state index in [9.17, 15) is 14.5 Å². The zero-order valence-electron chi connectivity index (χ0n) is 11.7. The molecule has 0 fully saturated rings. The molecule has 0 atom stereocenters. The summed E-state index contributed by atoms with van der Waals surface area (Å²) >= 11 is 0. The average molecular weight is 294 g/mol. The molecule has 0 saturated carbocycles. The number of hydrogen-bond donors (Lipinski definition) is 1. The van der Waals surface area contributed by atoms with Gasteiger partial charge >= 0.3 is 0 Å². The van der Waals surface area contributed by atoms with Crippen molar-refractivity contribution < 1.29 is 13.8 Å². The molecule has 0 aliphatic heterocycles. The summed E-state index contributed by atoms with van der Waals surface area (Å²) < 4.78 is 18.1. The molecule has 0 saturated heterocycles. The van der Waals surface area contributed by atoms with E-state index in [1.165, 1.54) is 12.1 Å². The number of halogens is 1. The molecule has 0 bridgehead atoms. The summed E-state index contributed by atoms with van der Waals surface area (Å²) in [6.45, 7) is 4.27. The number of nitrogens with zero attached hydrogens (tertiary/aromatic N) is 3. The lowest BCUT2D eigenvalue weighted by Crippen LogP contribution is -2.07. The number of rotatable bonds is 6. The smallest absolute Gasteiger partial charge is 0.295 e. The zero-order chi connectivity index (χ0) is 15.4. The standard InChI is InChI=1S/C13H15FN4O3/c1-8(2)13-16-12(21-17-13)5-6-15-10-4-3-9(14)7-11(10)18(19)20/h3-4,7-8,15H,5-6H2,1-2H3. The van der Waals surface area contributed by atoms with Gasteiger partial charge in [-0.05, 0) is 12.1 Å². The highest BCUT2D eigenvalue weighted by atomic mass is 19.1. The minimum atomic E-state index is -0.647. The SMILES string of the molecule is CC(C)c1noc(CCNc2ccc(F)cc2[N+](=O)[O-])n1. The van der Waals surface area contributed by atoms with Crippen LogP contribution in [0.25, 0.3) is 0 Å². The van der Waals surface area contributed by atoms with Crippen LogP contribution in [-0.4, -0.2) is 21.6 Å². The van der Waals surface area contributed by atoms with E-state index in [1.54, 1.807) is 0 Å². The summed E-state index contributed by atoms with van der Waals surface area (Å²) in [5.74, 6) is 0.605. The van der Waals surface area contributed by atoms with E-state index in [2.05, 4.69) is 15.5 Å². The minimum absolute atomic E-state index is 0.175. The molecule has 1 aromatic carbocycles. The van der Waals surface area contributed by atoms with E-state index in [-0.39, 0.29) is 17.3 Å². The maximum Gasteiger partial charge on any atom is 0.295 e. The maximum absolute atomic E-state index is 13.0. The molecule has 0 amide bonds. The Bertz CT molecular complexity index is 642. The van der Waals surface area contributed by atoms with Crippen molar-refractivity contribution in [3.63, 3.8) is 0 Å². The molecular formula is C13H15FN4O3. The highest BCUT2D eigenvalue weighted by Crippen LogP contribution is 2.24. The van der Waals surface area contributed by atoms with Gasteiger partial charge in [-0.3, -0.25) is 10.1 Å². The van der Waals surface area contributed by atoms with Crippen molar-refractivity contribution in [3.8, 4) is 0 Å². The topological polar surface area (TPSA) is 94.1 Å². The van der Waals surface area contributed by atoms with Gasteiger partial charge < -0.3 is 9.84 Å². The van der Waals surface area contributed by atoms with Gasteiger partial charge in [-0.15, -0.1) is 0 Å². The van der Waals surface area contributed by atoms with E-state index < -0.39 is 10.7 Å². The van der Waals surface area contributed by atoms with Crippen molar-refractivity contribution >= 4 is 11.4 Å². The van der Waals surface area contributed by atoms with Gasteiger partial charge in [0, 0.05) is 18.9 Å². The van der Waals surface area contributed by atoms with Crippen LogP contribution in [0.3, 0.4) is 0 Å². The van der Waals surface area contributed by atoms with Gasteiger partial charge in [-0.25, -0.2) is 4.39 Å². The number of benzene rings is 1. The van der Waals surface area contributed by atoms with Gasteiger partial charge in [0.1, 0.15) is 11.5 Å². The monoisotopic (exact) mass is 294 g/mol. The predicted octanol–water partition coefficient (Wildman–Crippen LogP) is 2.89. The fourth-order valence-electron chi connectivity index (χ4n) is 1.71. The third-order valence-corrected chi connectivity index (χ3v) is 2.81. The maximum atomic E-state index is 13.0. The van der Waals surface area contributed by atoms with Crippen molar-refractivity contribution in [2.75, 3.05) is 11.9 Å². The van der Waals surface area contributed by atoms with Gasteiger partial charge in [0.15, 0.2) is 5.82 Å². The first-order valence-electron chi connectivity index (χ1n) is 6.47. The van der Waals surface area contributed by atoms with E-state index in [0.29, 0.717) is 24.7 Å². The molecule has 7 nitrogen and oxygen atoms in total. The predicted molar refractivity (Wildman–Crippen MR) is 73.6 cm³/mol. The van der Waals surface area contributed by atoms with E-state index in [1.807, 2.05) is 13.8 Å². The lowest BCUT2D eigenvalue weighted by atomic mass is 10.2. The molecule has 1 heterocycles. The first kappa shape index (κ1) is 14.9. The van der Waals surface area contributed by atoms with Crippen LogP contribution in [0.2, 0.25) is 0 Å². The number of nitro benzene ring substituents is 1. The summed E-state index contributed by atoms with van der Waals surface area (Å²) in [6.07, 6.45) is 0.425. The highest BCUT2D eigenvalue weighted by Gasteiger charge is 2.15. The van der Waals surface area contributed by atoms with Gasteiger partial charge in [-0.2, -0.15) is 4.98 Å². The Hall–Kier alpha value is -2.51. The highest BCUT2D eigenvalue weighted by molar-refractivity contribution is 5.61. The van der Waals surface area contributed by atoms with Crippen LogP contribution in [0, 0.1) is 15.9 Å². The van der Waals surface area contributed by atoms with Crippen LogP contribution < -0.4 is 5.32 Å². The van der Waals surface area contributed by atoms with Crippen LogP contribution >= 0.6 is 0 Å². The van der Waals surface area contributed by atoms with Crippen molar-refractivity contribution in [3.05, 3.63) is 45.8 Å². The number of anilines is 1. The molecule has 8 heteroatoms. The second-order valence-corrected chi connectivity index (χ2v) is 4.80. The first-order valence-corrected chi connectivity index (χ1v) is 6.47. The molecule has 0 unspecified atom stereocenters. The third-order valence-electron chi connectivity index (χ3n) is 2.81. The van der Waals surface area contributed by atoms with Gasteiger partial charge in [0.05, 0.1) is 11.0 Å². The Morgan fingerprint density at radius 3 is 2.86 bits per heavy atom. The second-order valence-electron chi connectivity index (χ2n) is 4.80. The minimum Gasteiger partial charge on any atom is -0.379 e. The van der Waals surface area contributed by atoms with Crippen LogP contribution in [0.15, 0.2) is 22.7 Å². The average Bonchev–Trinajstić information content (AvgIpc) is 2.89. The Balaban J connectivity index is 1.98. The number of aromatic nitrogens is 2. The first-order chi connectivity index (χ1) is 9.97. The van der Waals surface area contributed by atoms with Gasteiger partial charge in [-0.1, -0.05) is 19.0 Å². The molecule has 112 valence electrons. The Morgan fingerprint density at radius 2 is 2.24 bits per heavy atom. The lowest BCUT2D eigenvalue weighted by molar-refractivity contribution is -0.384. The molecule has 0 aliphatic carbocycles. The molecular weight excluding hydrogens is 279 g/mol. The number of nitro groups is 1. The Labute approximate surface area is 120 Å². The van der Waals surface area contributed by atoms with Crippen molar-refractivity contribution in [2.24, 2.45) is 0 Å². The molecule has 0 radical (unpaired) electrons. The fraction of sp³-hybridized carbons (Fsp3) is 0.385. The molecule has 1 N–H and O–H groups in total. The normalized spacial score (nSPS) is 10.9. The summed E-state index contributed by atoms with van der Waals surface area (Å²) in [4.78, 5) is 14.4. The van der Waals surface area contributed by atoms with E-state index >= 15 is 0 Å². The zero-order valence-corrected chi connectivity index (χ0v) is 11.7. The fourth-order valence-corrected chi connectivity index (χ4v) is 1.71. The van der Waals surface area contributed by atoms with Gasteiger partial charge in [0.2, 0.25) is 5.89 Å². The molecule has 1 aromatic heterocycles. The Morgan fingerprint density at radius 1 is 1.48 bits per heavy atom. The molecule has 0 aliphatic rings. The van der Waals surface area contributed by atoms with Crippen molar-refractivity contribution in [1.82, 2.24) is 10.1 Å². The molecule has 2 aromatic rings. The Kier molecular flexibility index (Phi) is 4.46. The van der Waals surface area contributed by atoms with E-state index in [0.717, 1.165) is 6.07 Å². The van der Waals surface area contributed by atoms with Crippen LogP contribution in [-0.2, 0) is 6.42 Å². The van der Waals surface area contributed by atoms with Crippen LogP contribution in [0.4, 0.5) is 15.8 Å². The summed E-state index contributed by atoms with van der Waals surface area (Å²) in [7, 11) is 0. The molecule has 0 spiro atoms. The number of nitrogens with one attached hydrogen (secondary N) is 1. The molecule has 21 heavy (non-hydrogen) atoms. The lowest BCUT2D eigenvalue weighted by Gasteiger charge is -2.05. The second kappa shape index (κ2) is 6.29. The van der Waals surface area contributed by atoms with E-state index in [4.69, 9.17) is 4.52 Å². The molecule has 2 rings (SSSR count). The summed E-state index contributed by atoms with van der Waals surface area (Å²) in [5.41, 5.74) is -0.0478. The summed E-state index contributed by atoms with van der Waals surface area (Å²) in [6, 6.07) is 3.38. The summed E-state index contributed by atoms with van der Waals surface area (Å²) in [5, 5.41) is 17.5. The van der Waals surface area contributed by atoms with Crippen LogP contribution in [0.5, 0.6) is 0 Å².